The second-order valence-corrected chi connectivity index (χ2v) is 4.00. The van der Waals surface area contributed by atoms with Gasteiger partial charge in [-0.15, -0.1) is 0 Å². The molecule has 0 fully saturated rings. The first kappa shape index (κ1) is 14.1. The highest BCUT2D eigenvalue weighted by Crippen LogP contribution is 2.31. The molecule has 0 radical (unpaired) electrons. The Morgan fingerprint density at radius 1 is 1.35 bits per heavy atom. The molecule has 0 spiro atoms. The number of alkyl halides is 4. The normalized spacial score (nSPS) is 11.7. The number of benzene rings is 1. The lowest BCUT2D eigenvalue weighted by Gasteiger charge is -2.16. The zero-order chi connectivity index (χ0) is 13.1. The number of halogens is 5. The van der Waals surface area contributed by atoms with E-state index < -0.39 is 19.0 Å². The van der Waals surface area contributed by atoms with Gasteiger partial charge in [0, 0.05) is 0 Å². The fraction of sp³-hybridized carbons (Fsp3) is 0.400. The van der Waals surface area contributed by atoms with Crippen LogP contribution in [0.5, 0.6) is 11.5 Å². The highest BCUT2D eigenvalue weighted by Gasteiger charge is 2.41. The van der Waals surface area contributed by atoms with Gasteiger partial charge in [-0.25, -0.2) is 8.78 Å². The van der Waals surface area contributed by atoms with E-state index in [1.54, 1.807) is 0 Å². The Morgan fingerprint density at radius 3 is 2.47 bits per heavy atom. The average Bonchev–Trinajstić information content (AvgIpc) is 2.27. The summed E-state index contributed by atoms with van der Waals surface area (Å²) < 4.78 is 58.8. The first-order valence-electron chi connectivity index (χ1n) is 4.49. The number of ether oxygens (including phenoxy) is 2. The number of hydrogen-bond donors (Lipinski definition) is 0. The van der Waals surface area contributed by atoms with Crippen molar-refractivity contribution < 1.29 is 27.0 Å². The Morgan fingerprint density at radius 2 is 2.00 bits per heavy atom. The maximum absolute atomic E-state index is 12.6. The minimum absolute atomic E-state index is 0.0473. The summed E-state index contributed by atoms with van der Waals surface area (Å²) in [6.45, 7) is -1.38. The summed E-state index contributed by atoms with van der Waals surface area (Å²) in [5.74, 6) is -3.63. The van der Waals surface area contributed by atoms with Gasteiger partial charge in [-0.05, 0) is 34.1 Å². The molecule has 0 atom stereocenters. The Balaban J connectivity index is 2.70. The average molecular weight is 317 g/mol. The summed E-state index contributed by atoms with van der Waals surface area (Å²) >= 11 is 3.06. The minimum atomic E-state index is -4.17. The Bertz CT molecular complexity index is 385. The highest BCUT2D eigenvalue weighted by atomic mass is 79.9. The van der Waals surface area contributed by atoms with Crippen LogP contribution in [0, 0.1) is 0 Å². The zero-order valence-electron chi connectivity index (χ0n) is 8.72. The van der Waals surface area contributed by atoms with E-state index in [1.165, 1.54) is 25.3 Å². The Labute approximate surface area is 104 Å². The molecule has 0 bridgehead atoms. The predicted octanol–water partition coefficient (Wildman–Crippen LogP) is 3.74. The molecule has 0 aromatic heterocycles. The first-order chi connectivity index (χ1) is 7.86. The molecular weight excluding hydrogens is 308 g/mol. The van der Waals surface area contributed by atoms with Gasteiger partial charge in [0.25, 0.3) is 0 Å². The van der Waals surface area contributed by atoms with E-state index in [4.69, 9.17) is 4.74 Å². The molecule has 7 heteroatoms. The van der Waals surface area contributed by atoms with Crippen molar-refractivity contribution in [3.63, 3.8) is 0 Å². The van der Waals surface area contributed by atoms with Crippen LogP contribution in [0.2, 0.25) is 0 Å². The van der Waals surface area contributed by atoms with E-state index >= 15 is 0 Å². The summed E-state index contributed by atoms with van der Waals surface area (Å²) in [4.78, 5) is 0. The van der Waals surface area contributed by atoms with Gasteiger partial charge in [-0.2, -0.15) is 8.78 Å². The van der Waals surface area contributed by atoms with Crippen LogP contribution in [-0.4, -0.2) is 26.1 Å². The van der Waals surface area contributed by atoms with Crippen LogP contribution in [0.25, 0.3) is 0 Å². The summed E-state index contributed by atoms with van der Waals surface area (Å²) in [7, 11) is 1.44. The van der Waals surface area contributed by atoms with Crippen molar-refractivity contribution in [3.8, 4) is 11.5 Å². The lowest BCUT2D eigenvalue weighted by molar-refractivity contribution is -0.148. The van der Waals surface area contributed by atoms with E-state index in [1.807, 2.05) is 0 Å². The molecule has 2 nitrogen and oxygen atoms in total. The lowest BCUT2D eigenvalue weighted by atomic mass is 10.3. The molecule has 0 heterocycles. The predicted molar refractivity (Wildman–Crippen MR) is 57.1 cm³/mol. The third-order valence-corrected chi connectivity index (χ3v) is 2.50. The molecule has 96 valence electrons. The molecule has 0 unspecified atom stereocenters. The van der Waals surface area contributed by atoms with E-state index in [0.717, 1.165) is 0 Å². The van der Waals surface area contributed by atoms with E-state index in [0.29, 0.717) is 10.2 Å². The molecule has 0 aliphatic carbocycles. The molecular formula is C10H9BrF4O2. The van der Waals surface area contributed by atoms with Gasteiger partial charge in [0.2, 0.25) is 0 Å². The Kier molecular flexibility index (Phi) is 4.62. The summed E-state index contributed by atoms with van der Waals surface area (Å²) in [6.07, 6.45) is -3.75. The quantitative estimate of drug-likeness (QED) is 0.770. The maximum Gasteiger partial charge on any atom is 0.340 e. The van der Waals surface area contributed by atoms with Gasteiger partial charge in [-0.1, -0.05) is 0 Å². The number of rotatable bonds is 5. The lowest BCUT2D eigenvalue weighted by Crippen LogP contribution is -2.33. The molecule has 1 rings (SSSR count). The fourth-order valence-corrected chi connectivity index (χ4v) is 1.43. The topological polar surface area (TPSA) is 18.5 Å². The highest BCUT2D eigenvalue weighted by molar-refractivity contribution is 9.10. The van der Waals surface area contributed by atoms with E-state index in [2.05, 4.69) is 20.7 Å². The third kappa shape index (κ3) is 3.76. The fourth-order valence-electron chi connectivity index (χ4n) is 0.963. The van der Waals surface area contributed by atoms with E-state index in [9.17, 15) is 17.6 Å². The van der Waals surface area contributed by atoms with Gasteiger partial charge < -0.3 is 9.47 Å². The van der Waals surface area contributed by atoms with Crippen LogP contribution < -0.4 is 9.47 Å². The van der Waals surface area contributed by atoms with E-state index in [-0.39, 0.29) is 5.75 Å². The van der Waals surface area contributed by atoms with Crippen molar-refractivity contribution in [1.29, 1.82) is 0 Å². The largest absolute Gasteiger partial charge is 0.497 e. The zero-order valence-corrected chi connectivity index (χ0v) is 10.3. The minimum Gasteiger partial charge on any atom is -0.497 e. The number of methoxy groups -OCH3 is 1. The van der Waals surface area contributed by atoms with Crippen molar-refractivity contribution in [1.82, 2.24) is 0 Å². The van der Waals surface area contributed by atoms with Crippen LogP contribution >= 0.6 is 15.9 Å². The van der Waals surface area contributed by atoms with Crippen molar-refractivity contribution in [2.75, 3.05) is 13.7 Å². The van der Waals surface area contributed by atoms with Crippen molar-refractivity contribution in [2.45, 2.75) is 12.3 Å². The van der Waals surface area contributed by atoms with Gasteiger partial charge in [-0.3, -0.25) is 0 Å². The Hall–Kier alpha value is -0.980. The maximum atomic E-state index is 12.6. The van der Waals surface area contributed by atoms with Crippen molar-refractivity contribution in [3.05, 3.63) is 22.7 Å². The van der Waals surface area contributed by atoms with Crippen LogP contribution in [0.15, 0.2) is 22.7 Å². The van der Waals surface area contributed by atoms with Crippen LogP contribution in [0.1, 0.15) is 0 Å². The second kappa shape index (κ2) is 5.57. The summed E-state index contributed by atoms with van der Waals surface area (Å²) in [6, 6.07) is 4.31. The van der Waals surface area contributed by atoms with Gasteiger partial charge in [0.15, 0.2) is 6.61 Å². The molecule has 0 saturated carbocycles. The molecule has 0 amide bonds. The van der Waals surface area contributed by atoms with Gasteiger partial charge in [0.1, 0.15) is 11.5 Å². The van der Waals surface area contributed by atoms with Crippen molar-refractivity contribution >= 4 is 15.9 Å². The summed E-state index contributed by atoms with van der Waals surface area (Å²) in [5, 5.41) is 0. The molecule has 17 heavy (non-hydrogen) atoms. The van der Waals surface area contributed by atoms with Crippen LogP contribution in [0.4, 0.5) is 17.6 Å². The van der Waals surface area contributed by atoms with Gasteiger partial charge >= 0.3 is 12.3 Å². The molecule has 0 N–H and O–H groups in total. The summed E-state index contributed by atoms with van der Waals surface area (Å²) in [5.41, 5.74) is 0. The van der Waals surface area contributed by atoms with Crippen molar-refractivity contribution in [2.24, 2.45) is 0 Å². The standard InChI is InChI=1S/C10H9BrF4O2/c1-16-6-2-3-8(7(11)4-6)17-5-10(14,15)9(12)13/h2-4,9H,5H2,1H3. The first-order valence-corrected chi connectivity index (χ1v) is 5.28. The monoisotopic (exact) mass is 316 g/mol. The third-order valence-electron chi connectivity index (χ3n) is 1.88. The van der Waals surface area contributed by atoms with Gasteiger partial charge in [0.05, 0.1) is 11.6 Å². The molecule has 0 saturated heterocycles. The second-order valence-electron chi connectivity index (χ2n) is 3.15. The molecule has 1 aromatic carbocycles. The molecule has 0 aliphatic heterocycles. The van der Waals surface area contributed by atoms with Crippen LogP contribution in [-0.2, 0) is 0 Å². The van der Waals surface area contributed by atoms with Crippen LogP contribution in [0.3, 0.4) is 0 Å². The number of hydrogen-bond acceptors (Lipinski definition) is 2. The molecule has 0 aliphatic rings. The molecule has 1 aromatic rings. The smallest absolute Gasteiger partial charge is 0.340 e. The SMILES string of the molecule is COc1ccc(OCC(F)(F)C(F)F)c(Br)c1.